The standard InChI is InChI=1S/C11H13F2N3O/c12-11(13)3-1-8(2-4-11)10(17)16-9-7-14-5-6-15-9/h5-8H,1-4H2,(H,15,16,17). The average Bonchev–Trinajstić information content (AvgIpc) is 2.30. The van der Waals surface area contributed by atoms with E-state index in [4.69, 9.17) is 0 Å². The van der Waals surface area contributed by atoms with E-state index in [0.717, 1.165) is 0 Å². The maximum Gasteiger partial charge on any atom is 0.248 e. The molecule has 6 heteroatoms. The lowest BCUT2D eigenvalue weighted by molar-refractivity contribution is -0.124. The van der Waals surface area contributed by atoms with Crippen LogP contribution in [0.25, 0.3) is 0 Å². The fourth-order valence-corrected chi connectivity index (χ4v) is 1.89. The molecule has 92 valence electrons. The summed E-state index contributed by atoms with van der Waals surface area (Å²) in [5.41, 5.74) is 0. The van der Waals surface area contributed by atoms with Crippen LogP contribution in [-0.2, 0) is 4.79 Å². The van der Waals surface area contributed by atoms with Crippen LogP contribution in [0.2, 0.25) is 0 Å². The second-order valence-electron chi connectivity index (χ2n) is 4.21. The van der Waals surface area contributed by atoms with Gasteiger partial charge in [0.05, 0.1) is 6.20 Å². The van der Waals surface area contributed by atoms with Gasteiger partial charge in [-0.15, -0.1) is 0 Å². The fourth-order valence-electron chi connectivity index (χ4n) is 1.89. The zero-order valence-corrected chi connectivity index (χ0v) is 9.20. The summed E-state index contributed by atoms with van der Waals surface area (Å²) in [6, 6.07) is 0. The lowest BCUT2D eigenvalue weighted by atomic mass is 9.86. The average molecular weight is 241 g/mol. The number of halogens is 2. The lowest BCUT2D eigenvalue weighted by Crippen LogP contribution is -2.32. The molecule has 0 atom stereocenters. The normalized spacial score (nSPS) is 19.9. The molecule has 1 aliphatic carbocycles. The van der Waals surface area contributed by atoms with E-state index in [2.05, 4.69) is 15.3 Å². The van der Waals surface area contributed by atoms with E-state index in [1.807, 2.05) is 0 Å². The Morgan fingerprint density at radius 2 is 2.06 bits per heavy atom. The smallest absolute Gasteiger partial charge is 0.248 e. The van der Waals surface area contributed by atoms with Crippen molar-refractivity contribution in [3.63, 3.8) is 0 Å². The summed E-state index contributed by atoms with van der Waals surface area (Å²) in [6.07, 6.45) is 4.39. The molecule has 1 saturated carbocycles. The first-order valence-electron chi connectivity index (χ1n) is 5.51. The van der Waals surface area contributed by atoms with E-state index in [9.17, 15) is 13.6 Å². The summed E-state index contributed by atoms with van der Waals surface area (Å²) in [5.74, 6) is -2.85. The molecule has 0 saturated heterocycles. The highest BCUT2D eigenvalue weighted by Gasteiger charge is 2.37. The largest absolute Gasteiger partial charge is 0.309 e. The molecule has 0 bridgehead atoms. The van der Waals surface area contributed by atoms with E-state index in [0.29, 0.717) is 5.82 Å². The van der Waals surface area contributed by atoms with Crippen LogP contribution in [0, 0.1) is 5.92 Å². The third-order valence-electron chi connectivity index (χ3n) is 2.90. The van der Waals surface area contributed by atoms with Crippen LogP contribution in [-0.4, -0.2) is 21.8 Å². The number of amides is 1. The van der Waals surface area contributed by atoms with Crippen LogP contribution < -0.4 is 5.32 Å². The molecule has 1 fully saturated rings. The summed E-state index contributed by atoms with van der Waals surface area (Å²) in [7, 11) is 0. The van der Waals surface area contributed by atoms with Crippen molar-refractivity contribution in [3.05, 3.63) is 18.6 Å². The van der Waals surface area contributed by atoms with Crippen LogP contribution in [0.4, 0.5) is 14.6 Å². The quantitative estimate of drug-likeness (QED) is 0.863. The van der Waals surface area contributed by atoms with Gasteiger partial charge in [-0.1, -0.05) is 0 Å². The molecule has 1 N–H and O–H groups in total. The number of rotatable bonds is 2. The third-order valence-corrected chi connectivity index (χ3v) is 2.90. The molecule has 4 nitrogen and oxygen atoms in total. The van der Waals surface area contributed by atoms with Crippen LogP contribution in [0.15, 0.2) is 18.6 Å². The van der Waals surface area contributed by atoms with Gasteiger partial charge in [-0.05, 0) is 12.8 Å². The molecule has 0 radical (unpaired) electrons. The number of carbonyl (C=O) groups excluding carboxylic acids is 1. The molecule has 17 heavy (non-hydrogen) atoms. The number of nitrogens with zero attached hydrogens (tertiary/aromatic N) is 2. The monoisotopic (exact) mass is 241 g/mol. The molecular weight excluding hydrogens is 228 g/mol. The first-order valence-corrected chi connectivity index (χ1v) is 5.51. The number of alkyl halides is 2. The topological polar surface area (TPSA) is 54.9 Å². The predicted molar refractivity (Wildman–Crippen MR) is 57.6 cm³/mol. The molecule has 1 aromatic heterocycles. The van der Waals surface area contributed by atoms with Crippen molar-refractivity contribution in [3.8, 4) is 0 Å². The number of aromatic nitrogens is 2. The van der Waals surface area contributed by atoms with Crippen molar-refractivity contribution in [1.29, 1.82) is 0 Å². The molecule has 1 amide bonds. The van der Waals surface area contributed by atoms with E-state index >= 15 is 0 Å². The molecule has 1 aromatic rings. The van der Waals surface area contributed by atoms with Crippen molar-refractivity contribution in [2.75, 3.05) is 5.32 Å². The Balaban J connectivity index is 1.90. The van der Waals surface area contributed by atoms with Crippen LogP contribution in [0.3, 0.4) is 0 Å². The van der Waals surface area contributed by atoms with Crippen LogP contribution >= 0.6 is 0 Å². The highest BCUT2D eigenvalue weighted by Crippen LogP contribution is 2.36. The van der Waals surface area contributed by atoms with Crippen LogP contribution in [0.1, 0.15) is 25.7 Å². The zero-order valence-electron chi connectivity index (χ0n) is 9.20. The van der Waals surface area contributed by atoms with Gasteiger partial charge in [0.15, 0.2) is 5.82 Å². The van der Waals surface area contributed by atoms with Gasteiger partial charge in [0.1, 0.15) is 0 Å². The van der Waals surface area contributed by atoms with Crippen molar-refractivity contribution in [1.82, 2.24) is 9.97 Å². The van der Waals surface area contributed by atoms with E-state index < -0.39 is 5.92 Å². The summed E-state index contributed by atoms with van der Waals surface area (Å²) < 4.78 is 25.8. The molecule has 0 spiro atoms. The van der Waals surface area contributed by atoms with Crippen molar-refractivity contribution >= 4 is 11.7 Å². The molecule has 1 aliphatic rings. The summed E-state index contributed by atoms with van der Waals surface area (Å²) in [5, 5.41) is 2.58. The lowest BCUT2D eigenvalue weighted by Gasteiger charge is -2.27. The maximum atomic E-state index is 12.9. The predicted octanol–water partition coefficient (Wildman–Crippen LogP) is 2.24. The first kappa shape index (κ1) is 11.9. The van der Waals surface area contributed by atoms with Gasteiger partial charge in [-0.25, -0.2) is 13.8 Å². The van der Waals surface area contributed by atoms with Gasteiger partial charge in [0, 0.05) is 31.2 Å². The number of hydrogen-bond donors (Lipinski definition) is 1. The Hall–Kier alpha value is -1.59. The van der Waals surface area contributed by atoms with E-state index in [-0.39, 0.29) is 37.5 Å². The molecule has 0 unspecified atom stereocenters. The number of anilines is 1. The van der Waals surface area contributed by atoms with Crippen molar-refractivity contribution in [2.45, 2.75) is 31.6 Å². The molecule has 1 heterocycles. The summed E-state index contributed by atoms with van der Waals surface area (Å²) >= 11 is 0. The summed E-state index contributed by atoms with van der Waals surface area (Å²) in [4.78, 5) is 19.5. The Morgan fingerprint density at radius 1 is 1.35 bits per heavy atom. The van der Waals surface area contributed by atoms with Gasteiger partial charge in [-0.2, -0.15) is 0 Å². The Morgan fingerprint density at radius 3 is 2.65 bits per heavy atom. The molecule has 0 aromatic carbocycles. The van der Waals surface area contributed by atoms with E-state index in [1.54, 1.807) is 0 Å². The highest BCUT2D eigenvalue weighted by molar-refractivity contribution is 5.91. The third kappa shape index (κ3) is 3.18. The van der Waals surface area contributed by atoms with Crippen LogP contribution in [0.5, 0.6) is 0 Å². The van der Waals surface area contributed by atoms with Gasteiger partial charge in [0.2, 0.25) is 11.8 Å². The molecule has 2 rings (SSSR count). The van der Waals surface area contributed by atoms with Crippen molar-refractivity contribution in [2.24, 2.45) is 5.92 Å². The van der Waals surface area contributed by atoms with Gasteiger partial charge in [0.25, 0.3) is 0 Å². The van der Waals surface area contributed by atoms with Gasteiger partial charge in [-0.3, -0.25) is 9.78 Å². The Bertz CT molecular complexity index is 387. The fraction of sp³-hybridized carbons (Fsp3) is 0.545. The zero-order chi connectivity index (χ0) is 12.3. The minimum atomic E-state index is -2.61. The molecule has 0 aliphatic heterocycles. The number of nitrogens with one attached hydrogen (secondary N) is 1. The maximum absolute atomic E-state index is 12.9. The summed E-state index contributed by atoms with van der Waals surface area (Å²) in [6.45, 7) is 0. The Labute approximate surface area is 97.5 Å². The highest BCUT2D eigenvalue weighted by atomic mass is 19.3. The SMILES string of the molecule is O=C(Nc1cnccn1)C1CCC(F)(F)CC1. The Kier molecular flexibility index (Phi) is 3.31. The molecular formula is C11H13F2N3O. The van der Waals surface area contributed by atoms with Crippen molar-refractivity contribution < 1.29 is 13.6 Å². The van der Waals surface area contributed by atoms with E-state index in [1.165, 1.54) is 18.6 Å². The second-order valence-corrected chi connectivity index (χ2v) is 4.21. The first-order chi connectivity index (χ1) is 8.07. The van der Waals surface area contributed by atoms with Gasteiger partial charge >= 0.3 is 0 Å². The number of hydrogen-bond acceptors (Lipinski definition) is 3. The second kappa shape index (κ2) is 4.73. The minimum absolute atomic E-state index is 0.217. The number of carbonyl (C=O) groups is 1. The van der Waals surface area contributed by atoms with Gasteiger partial charge < -0.3 is 5.32 Å². The minimum Gasteiger partial charge on any atom is -0.309 e.